The molecule has 1 amide bonds. The first-order chi connectivity index (χ1) is 8.67. The predicted molar refractivity (Wildman–Crippen MR) is 64.7 cm³/mol. The van der Waals surface area contributed by atoms with Crippen LogP contribution in [0.2, 0.25) is 0 Å². The van der Waals surface area contributed by atoms with Crippen molar-refractivity contribution in [2.24, 2.45) is 11.7 Å². The van der Waals surface area contributed by atoms with Crippen molar-refractivity contribution in [2.75, 3.05) is 32.2 Å². The molecule has 1 aliphatic rings. The van der Waals surface area contributed by atoms with E-state index >= 15 is 0 Å². The Bertz CT molecular complexity index is 430. The molecule has 7 nitrogen and oxygen atoms in total. The Balaban J connectivity index is 2.30. The summed E-state index contributed by atoms with van der Waals surface area (Å²) in [4.78, 5) is 21.7. The average Bonchev–Trinajstić information content (AvgIpc) is 2.79. The Morgan fingerprint density at radius 1 is 1.39 bits per heavy atom. The van der Waals surface area contributed by atoms with E-state index in [0.717, 1.165) is 0 Å². The van der Waals surface area contributed by atoms with Crippen molar-refractivity contribution in [1.82, 2.24) is 9.97 Å². The predicted octanol–water partition coefficient (Wildman–Crippen LogP) is -0.195. The molecule has 1 atom stereocenters. The second kappa shape index (κ2) is 5.18. The topological polar surface area (TPSA) is 90.6 Å². The van der Waals surface area contributed by atoms with E-state index in [-0.39, 0.29) is 11.8 Å². The molecule has 98 valence electrons. The maximum atomic E-state index is 11.9. The quantitative estimate of drug-likeness (QED) is 0.798. The van der Waals surface area contributed by atoms with Crippen LogP contribution >= 0.6 is 0 Å². The van der Waals surface area contributed by atoms with Crippen molar-refractivity contribution in [3.05, 3.63) is 6.07 Å². The van der Waals surface area contributed by atoms with E-state index in [1.165, 1.54) is 19.1 Å². The zero-order valence-electron chi connectivity index (χ0n) is 10.4. The Kier molecular flexibility index (Phi) is 3.61. The number of hydrogen-bond donors (Lipinski definition) is 1. The number of nitrogens with zero attached hydrogens (tertiary/aromatic N) is 3. The summed E-state index contributed by atoms with van der Waals surface area (Å²) in [6, 6.07) is 1.56. The lowest BCUT2D eigenvalue weighted by molar-refractivity contribution is -0.117. The highest BCUT2D eigenvalue weighted by molar-refractivity contribution is 5.94. The van der Waals surface area contributed by atoms with E-state index in [1.807, 2.05) is 0 Å². The molecule has 2 rings (SSSR count). The normalized spacial score (nSPS) is 19.2. The van der Waals surface area contributed by atoms with Gasteiger partial charge in [-0.05, 0) is 12.5 Å². The van der Waals surface area contributed by atoms with E-state index in [9.17, 15) is 4.79 Å². The zero-order chi connectivity index (χ0) is 13.1. The fraction of sp³-hybridized carbons (Fsp3) is 0.545. The highest BCUT2D eigenvalue weighted by atomic mass is 16.5. The molecule has 1 fully saturated rings. The summed E-state index contributed by atoms with van der Waals surface area (Å²) in [6.07, 6.45) is 0.430. The Labute approximate surface area is 105 Å². The third-order valence-electron chi connectivity index (χ3n) is 2.87. The van der Waals surface area contributed by atoms with Crippen LogP contribution in [0.4, 0.5) is 5.95 Å². The minimum Gasteiger partial charge on any atom is -0.481 e. The number of ether oxygens (including phenoxy) is 2. The van der Waals surface area contributed by atoms with Gasteiger partial charge in [-0.25, -0.2) is 0 Å². The van der Waals surface area contributed by atoms with Crippen LogP contribution in [-0.2, 0) is 4.79 Å². The average molecular weight is 252 g/mol. The maximum absolute atomic E-state index is 11.9. The second-order valence-electron chi connectivity index (χ2n) is 4.06. The second-order valence-corrected chi connectivity index (χ2v) is 4.06. The lowest BCUT2D eigenvalue weighted by atomic mass is 10.1. The van der Waals surface area contributed by atoms with Gasteiger partial charge in [-0.15, -0.1) is 0 Å². The number of rotatable bonds is 4. The number of anilines is 1. The molecule has 18 heavy (non-hydrogen) atoms. The minimum atomic E-state index is -0.0271. The smallest absolute Gasteiger partial charge is 0.238 e. The largest absolute Gasteiger partial charge is 0.481 e. The molecule has 0 aliphatic carbocycles. The summed E-state index contributed by atoms with van der Waals surface area (Å²) in [5, 5.41) is 0. The lowest BCUT2D eigenvalue weighted by Gasteiger charge is -2.15. The molecule has 1 unspecified atom stereocenters. The lowest BCUT2D eigenvalue weighted by Crippen LogP contribution is -2.27. The molecule has 1 aromatic heterocycles. The third kappa shape index (κ3) is 2.35. The number of aromatic nitrogens is 2. The van der Waals surface area contributed by atoms with Gasteiger partial charge in [0, 0.05) is 13.0 Å². The van der Waals surface area contributed by atoms with Crippen molar-refractivity contribution < 1.29 is 14.3 Å². The molecule has 0 spiro atoms. The van der Waals surface area contributed by atoms with Gasteiger partial charge in [-0.3, -0.25) is 9.69 Å². The van der Waals surface area contributed by atoms with Crippen LogP contribution in [0.1, 0.15) is 6.42 Å². The van der Waals surface area contributed by atoms with Crippen LogP contribution in [0, 0.1) is 5.92 Å². The van der Waals surface area contributed by atoms with Crippen molar-refractivity contribution in [3.8, 4) is 11.8 Å². The van der Waals surface area contributed by atoms with Gasteiger partial charge in [0.1, 0.15) is 0 Å². The number of amides is 1. The summed E-state index contributed by atoms with van der Waals surface area (Å²) >= 11 is 0. The highest BCUT2D eigenvalue weighted by Crippen LogP contribution is 2.25. The summed E-state index contributed by atoms with van der Waals surface area (Å²) in [5.41, 5.74) is 5.58. The van der Waals surface area contributed by atoms with E-state index in [1.54, 1.807) is 6.07 Å². The molecule has 2 N–H and O–H groups in total. The first-order valence-electron chi connectivity index (χ1n) is 5.65. The Morgan fingerprint density at radius 3 is 2.44 bits per heavy atom. The maximum Gasteiger partial charge on any atom is 0.238 e. The molecule has 7 heteroatoms. The van der Waals surface area contributed by atoms with Gasteiger partial charge in [-0.1, -0.05) is 0 Å². The number of methoxy groups -OCH3 is 2. The number of carbonyl (C=O) groups is 1. The first-order valence-corrected chi connectivity index (χ1v) is 5.65. The van der Waals surface area contributed by atoms with E-state index in [4.69, 9.17) is 15.2 Å². The molecule has 0 radical (unpaired) electrons. The van der Waals surface area contributed by atoms with E-state index in [2.05, 4.69) is 9.97 Å². The van der Waals surface area contributed by atoms with Crippen molar-refractivity contribution >= 4 is 11.9 Å². The van der Waals surface area contributed by atoms with Gasteiger partial charge < -0.3 is 15.2 Å². The van der Waals surface area contributed by atoms with Crippen LogP contribution in [0.5, 0.6) is 11.8 Å². The SMILES string of the molecule is COc1cc(OC)nc(N2CC(CN)CC2=O)n1. The molecule has 1 aliphatic heterocycles. The summed E-state index contributed by atoms with van der Waals surface area (Å²) in [7, 11) is 3.00. The fourth-order valence-corrected chi connectivity index (χ4v) is 1.85. The molecular weight excluding hydrogens is 236 g/mol. The summed E-state index contributed by atoms with van der Waals surface area (Å²) < 4.78 is 10.1. The Morgan fingerprint density at radius 2 is 2.00 bits per heavy atom. The summed E-state index contributed by atoms with van der Waals surface area (Å²) in [5.74, 6) is 1.15. The number of carbonyl (C=O) groups excluding carboxylic acids is 1. The zero-order valence-corrected chi connectivity index (χ0v) is 10.4. The number of nitrogens with two attached hydrogens (primary N) is 1. The van der Waals surface area contributed by atoms with E-state index in [0.29, 0.717) is 37.2 Å². The standard InChI is InChI=1S/C11H16N4O3/c1-17-8-4-9(18-2)14-11(13-8)15-6-7(5-12)3-10(15)16/h4,7H,3,5-6,12H2,1-2H3. The Hall–Kier alpha value is -1.89. The van der Waals surface area contributed by atoms with Crippen molar-refractivity contribution in [3.63, 3.8) is 0 Å². The highest BCUT2D eigenvalue weighted by Gasteiger charge is 2.31. The van der Waals surface area contributed by atoms with Crippen LogP contribution < -0.4 is 20.1 Å². The van der Waals surface area contributed by atoms with Gasteiger partial charge in [0.25, 0.3) is 0 Å². The van der Waals surface area contributed by atoms with E-state index < -0.39 is 0 Å². The van der Waals surface area contributed by atoms with Gasteiger partial charge in [0.2, 0.25) is 23.6 Å². The van der Waals surface area contributed by atoms with Gasteiger partial charge in [-0.2, -0.15) is 9.97 Å². The fourth-order valence-electron chi connectivity index (χ4n) is 1.85. The van der Waals surface area contributed by atoms with Crippen molar-refractivity contribution in [1.29, 1.82) is 0 Å². The molecule has 2 heterocycles. The van der Waals surface area contributed by atoms with Crippen LogP contribution in [-0.4, -0.2) is 43.2 Å². The molecule has 1 aromatic rings. The molecule has 0 aromatic carbocycles. The molecule has 0 bridgehead atoms. The molecule has 1 saturated heterocycles. The van der Waals surface area contributed by atoms with Crippen LogP contribution in [0.15, 0.2) is 6.07 Å². The molecule has 0 saturated carbocycles. The van der Waals surface area contributed by atoms with Crippen LogP contribution in [0.3, 0.4) is 0 Å². The van der Waals surface area contributed by atoms with Crippen molar-refractivity contribution in [2.45, 2.75) is 6.42 Å². The number of hydrogen-bond acceptors (Lipinski definition) is 6. The minimum absolute atomic E-state index is 0.0271. The van der Waals surface area contributed by atoms with Gasteiger partial charge >= 0.3 is 0 Å². The third-order valence-corrected chi connectivity index (χ3v) is 2.87. The summed E-state index contributed by atoms with van der Waals surface area (Å²) in [6.45, 7) is 1.01. The monoisotopic (exact) mass is 252 g/mol. The van der Waals surface area contributed by atoms with Crippen LogP contribution in [0.25, 0.3) is 0 Å². The molecular formula is C11H16N4O3. The first kappa shape index (κ1) is 12.6. The van der Waals surface area contributed by atoms with Gasteiger partial charge in [0.05, 0.1) is 20.3 Å². The van der Waals surface area contributed by atoms with Gasteiger partial charge in [0.15, 0.2) is 0 Å².